The minimum Gasteiger partial charge on any atom is -0.367 e. The molecule has 0 bridgehead atoms. The molecule has 1 saturated heterocycles. The van der Waals surface area contributed by atoms with Crippen molar-refractivity contribution in [3.8, 4) is 22.6 Å². The van der Waals surface area contributed by atoms with Crippen molar-refractivity contribution in [2.24, 2.45) is 0 Å². The number of anilines is 1. The molecule has 5 heterocycles. The Bertz CT molecular complexity index is 1550. The van der Waals surface area contributed by atoms with E-state index in [0.717, 1.165) is 60.4 Å². The van der Waals surface area contributed by atoms with Gasteiger partial charge in [-0.3, -0.25) is 10.1 Å². The van der Waals surface area contributed by atoms with Gasteiger partial charge in [0.25, 0.3) is 0 Å². The molecular weight excluding hydrogens is 457 g/mol. The van der Waals surface area contributed by atoms with E-state index in [-0.39, 0.29) is 5.82 Å². The molecule has 0 atom stereocenters. The molecule has 36 heavy (non-hydrogen) atoms. The molecule has 1 aliphatic rings. The van der Waals surface area contributed by atoms with E-state index in [1.165, 1.54) is 6.07 Å². The molecule has 0 saturated carbocycles. The third-order valence-corrected chi connectivity index (χ3v) is 6.69. The molecule has 6 rings (SSSR count). The Morgan fingerprint density at radius 2 is 1.92 bits per heavy atom. The smallest absolute Gasteiger partial charge is 0.180 e. The van der Waals surface area contributed by atoms with Crippen LogP contribution in [0.3, 0.4) is 0 Å². The lowest BCUT2D eigenvalue weighted by atomic mass is 10.0. The SMILES string of the molecule is CN(C)Cc1cncc(-c2cc3c(-c4nc5nccc(N6CCN(C)CC6)c5[nH]4)n[nH]c3cc2F)c1. The molecule has 5 aromatic rings. The summed E-state index contributed by atoms with van der Waals surface area (Å²) in [6, 6.07) is 7.31. The fourth-order valence-electron chi connectivity index (χ4n) is 4.85. The Kier molecular flexibility index (Phi) is 5.62. The van der Waals surface area contributed by atoms with Crippen molar-refractivity contribution in [2.75, 3.05) is 52.2 Å². The highest BCUT2D eigenvalue weighted by molar-refractivity contribution is 5.97. The van der Waals surface area contributed by atoms with E-state index < -0.39 is 0 Å². The van der Waals surface area contributed by atoms with E-state index >= 15 is 4.39 Å². The highest BCUT2D eigenvalue weighted by atomic mass is 19.1. The highest BCUT2D eigenvalue weighted by Crippen LogP contribution is 2.33. The van der Waals surface area contributed by atoms with Gasteiger partial charge in [-0.25, -0.2) is 14.4 Å². The van der Waals surface area contributed by atoms with Crippen molar-refractivity contribution in [3.63, 3.8) is 0 Å². The summed E-state index contributed by atoms with van der Waals surface area (Å²) < 4.78 is 15.1. The summed E-state index contributed by atoms with van der Waals surface area (Å²) in [6.45, 7) is 4.63. The first kappa shape index (κ1) is 22.6. The van der Waals surface area contributed by atoms with Crippen LogP contribution in [0.1, 0.15) is 5.56 Å². The number of nitrogens with zero attached hydrogens (tertiary/aromatic N) is 7. The summed E-state index contributed by atoms with van der Waals surface area (Å²) in [5.74, 6) is 0.271. The number of pyridine rings is 2. The second-order valence-electron chi connectivity index (χ2n) is 9.67. The molecule has 0 amide bonds. The van der Waals surface area contributed by atoms with E-state index in [9.17, 15) is 0 Å². The standard InChI is InChI=1S/C26H28FN9/c1-34(2)15-16-10-17(14-28-13-16)18-11-19-21(12-20(18)27)32-33-23(19)26-30-24-22(4-5-29-25(24)31-26)36-8-6-35(3)7-9-36/h4-5,10-14H,6-9,15H2,1-3H3,(H,32,33)(H,29,30,31). The van der Waals surface area contributed by atoms with Gasteiger partial charge in [-0.2, -0.15) is 5.10 Å². The van der Waals surface area contributed by atoms with Gasteiger partial charge < -0.3 is 19.7 Å². The van der Waals surface area contributed by atoms with E-state index in [2.05, 4.69) is 46.9 Å². The van der Waals surface area contributed by atoms with Crippen LogP contribution in [0.25, 0.3) is 44.7 Å². The van der Waals surface area contributed by atoms with Gasteiger partial charge in [0, 0.05) is 73.9 Å². The van der Waals surface area contributed by atoms with Crippen molar-refractivity contribution in [1.82, 2.24) is 39.9 Å². The summed E-state index contributed by atoms with van der Waals surface area (Å²) in [5, 5.41) is 8.23. The predicted octanol–water partition coefficient (Wildman–Crippen LogP) is 3.52. The number of H-pyrrole nitrogens is 2. The average Bonchev–Trinajstić information content (AvgIpc) is 3.47. The lowest BCUT2D eigenvalue weighted by molar-refractivity contribution is 0.313. The van der Waals surface area contributed by atoms with Crippen LogP contribution in [-0.4, -0.2) is 87.3 Å². The maximum absolute atomic E-state index is 15.1. The predicted molar refractivity (Wildman–Crippen MR) is 139 cm³/mol. The van der Waals surface area contributed by atoms with Gasteiger partial charge in [0.2, 0.25) is 0 Å². The Labute approximate surface area is 208 Å². The van der Waals surface area contributed by atoms with Crippen LogP contribution in [-0.2, 0) is 6.54 Å². The summed E-state index contributed by atoms with van der Waals surface area (Å²) in [4.78, 5) is 23.8. The molecule has 0 aliphatic carbocycles. The number of imidazole rings is 1. The Balaban J connectivity index is 1.42. The molecule has 9 nitrogen and oxygen atoms in total. The van der Waals surface area contributed by atoms with Crippen LogP contribution in [0.4, 0.5) is 10.1 Å². The minimum atomic E-state index is -0.329. The summed E-state index contributed by atoms with van der Waals surface area (Å²) in [5.41, 5.74) is 6.07. The van der Waals surface area contributed by atoms with Gasteiger partial charge >= 0.3 is 0 Å². The van der Waals surface area contributed by atoms with E-state index in [4.69, 9.17) is 4.98 Å². The van der Waals surface area contributed by atoms with Gasteiger partial charge in [0.1, 0.15) is 17.0 Å². The number of aromatic amines is 2. The van der Waals surface area contributed by atoms with E-state index in [0.29, 0.717) is 28.2 Å². The molecule has 1 fully saturated rings. The molecule has 0 radical (unpaired) electrons. The fraction of sp³-hybridized carbons (Fsp3) is 0.308. The molecule has 184 valence electrons. The van der Waals surface area contributed by atoms with Gasteiger partial charge in [0.05, 0.1) is 11.2 Å². The zero-order valence-electron chi connectivity index (χ0n) is 20.6. The van der Waals surface area contributed by atoms with Crippen LogP contribution >= 0.6 is 0 Å². The van der Waals surface area contributed by atoms with Crippen LogP contribution in [0, 0.1) is 5.82 Å². The number of rotatable bonds is 5. The van der Waals surface area contributed by atoms with Crippen molar-refractivity contribution in [2.45, 2.75) is 6.54 Å². The molecule has 0 spiro atoms. The third-order valence-electron chi connectivity index (χ3n) is 6.69. The maximum atomic E-state index is 15.1. The second kappa shape index (κ2) is 8.96. The summed E-state index contributed by atoms with van der Waals surface area (Å²) in [7, 11) is 6.13. The lowest BCUT2D eigenvalue weighted by Crippen LogP contribution is -2.44. The quantitative estimate of drug-likeness (QED) is 0.394. The number of hydrogen-bond donors (Lipinski definition) is 2. The number of piperazine rings is 1. The zero-order chi connectivity index (χ0) is 24.8. The molecule has 4 aromatic heterocycles. The Morgan fingerprint density at radius 3 is 2.72 bits per heavy atom. The number of hydrogen-bond acceptors (Lipinski definition) is 7. The molecule has 1 aromatic carbocycles. The van der Waals surface area contributed by atoms with Crippen LogP contribution < -0.4 is 4.90 Å². The van der Waals surface area contributed by atoms with Crippen molar-refractivity contribution in [1.29, 1.82) is 0 Å². The zero-order valence-corrected chi connectivity index (χ0v) is 20.6. The fourth-order valence-corrected chi connectivity index (χ4v) is 4.85. The number of halogens is 1. The van der Waals surface area contributed by atoms with Crippen molar-refractivity contribution in [3.05, 3.63) is 54.2 Å². The summed E-state index contributed by atoms with van der Waals surface area (Å²) in [6.07, 6.45) is 5.30. The first-order valence-electron chi connectivity index (χ1n) is 12.0. The Morgan fingerprint density at radius 1 is 1.08 bits per heavy atom. The molecular formula is C26H28FN9. The van der Waals surface area contributed by atoms with E-state index in [1.54, 1.807) is 12.4 Å². The van der Waals surface area contributed by atoms with Gasteiger partial charge in [-0.1, -0.05) is 0 Å². The van der Waals surface area contributed by atoms with E-state index in [1.807, 2.05) is 38.5 Å². The average molecular weight is 486 g/mol. The van der Waals surface area contributed by atoms with Gasteiger partial charge in [0.15, 0.2) is 11.5 Å². The van der Waals surface area contributed by atoms with Gasteiger partial charge in [-0.15, -0.1) is 0 Å². The van der Waals surface area contributed by atoms with Crippen LogP contribution in [0.2, 0.25) is 0 Å². The molecule has 10 heteroatoms. The maximum Gasteiger partial charge on any atom is 0.180 e. The van der Waals surface area contributed by atoms with Gasteiger partial charge in [-0.05, 0) is 44.9 Å². The molecule has 0 unspecified atom stereocenters. The largest absolute Gasteiger partial charge is 0.367 e. The monoisotopic (exact) mass is 485 g/mol. The number of benzene rings is 1. The number of fused-ring (bicyclic) bond motifs is 2. The normalized spacial score (nSPS) is 15.0. The second-order valence-corrected chi connectivity index (χ2v) is 9.67. The minimum absolute atomic E-state index is 0.329. The van der Waals surface area contributed by atoms with Crippen molar-refractivity contribution >= 4 is 27.8 Å². The Hall–Kier alpha value is -3.89. The highest BCUT2D eigenvalue weighted by Gasteiger charge is 2.21. The number of nitrogens with one attached hydrogen (secondary N) is 2. The van der Waals surface area contributed by atoms with Crippen LogP contribution in [0.5, 0.6) is 0 Å². The molecule has 2 N–H and O–H groups in total. The van der Waals surface area contributed by atoms with Crippen molar-refractivity contribution < 1.29 is 4.39 Å². The number of aromatic nitrogens is 6. The first-order valence-corrected chi connectivity index (χ1v) is 12.0. The van der Waals surface area contributed by atoms with Crippen LogP contribution in [0.15, 0.2) is 42.9 Å². The first-order chi connectivity index (χ1) is 17.5. The topological polar surface area (TPSA) is 92.9 Å². The summed E-state index contributed by atoms with van der Waals surface area (Å²) >= 11 is 0. The lowest BCUT2D eigenvalue weighted by Gasteiger charge is -2.34. The third kappa shape index (κ3) is 4.08. The molecule has 1 aliphatic heterocycles. The number of likely N-dealkylation sites (N-methyl/N-ethyl adjacent to an activating group) is 1.